The van der Waals surface area contributed by atoms with Crippen LogP contribution in [0, 0.1) is 0 Å². The second kappa shape index (κ2) is 10.2. The maximum Gasteiger partial charge on any atom is 0.408 e. The van der Waals surface area contributed by atoms with Crippen molar-refractivity contribution < 1.29 is 27.8 Å². The van der Waals surface area contributed by atoms with Crippen LogP contribution in [-0.2, 0) is 24.1 Å². The minimum Gasteiger partial charge on any atom is -0.491 e. The fraction of sp³-hybridized carbons (Fsp3) is 0.522. The Morgan fingerprint density at radius 2 is 2.06 bits per heavy atom. The number of fused-ring (bicyclic) bond motifs is 1. The number of benzene rings is 1. The van der Waals surface area contributed by atoms with E-state index in [9.17, 15) is 18.4 Å². The van der Waals surface area contributed by atoms with Crippen molar-refractivity contribution in [2.45, 2.75) is 71.6 Å². The molecule has 33 heavy (non-hydrogen) atoms. The van der Waals surface area contributed by atoms with E-state index in [-0.39, 0.29) is 18.3 Å². The Hall–Kier alpha value is -3.17. The lowest BCUT2D eigenvalue weighted by molar-refractivity contribution is 0.0481. The SMILES string of the molecule is CCCc1cc(C(=O)Nc2ccc3c(c2)OCC(NC(=O)OC(C)(C)C)C3)nn1CC(F)F. The van der Waals surface area contributed by atoms with Crippen LogP contribution in [0.1, 0.15) is 55.9 Å². The van der Waals surface area contributed by atoms with Crippen LogP contribution in [0.5, 0.6) is 5.75 Å². The summed E-state index contributed by atoms with van der Waals surface area (Å²) in [5.41, 5.74) is 1.47. The highest BCUT2D eigenvalue weighted by Gasteiger charge is 2.25. The molecule has 1 aliphatic heterocycles. The van der Waals surface area contributed by atoms with Crippen LogP contribution in [0.15, 0.2) is 24.3 Å². The van der Waals surface area contributed by atoms with Gasteiger partial charge in [-0.15, -0.1) is 0 Å². The van der Waals surface area contributed by atoms with E-state index in [1.54, 1.807) is 39.0 Å². The number of aryl methyl sites for hydroxylation is 1. The van der Waals surface area contributed by atoms with Crippen molar-refractivity contribution in [3.05, 3.63) is 41.2 Å². The van der Waals surface area contributed by atoms with Gasteiger partial charge in [-0.25, -0.2) is 13.6 Å². The van der Waals surface area contributed by atoms with E-state index in [2.05, 4.69) is 15.7 Å². The average molecular weight is 465 g/mol. The Morgan fingerprint density at radius 3 is 2.73 bits per heavy atom. The van der Waals surface area contributed by atoms with E-state index in [1.165, 1.54) is 4.68 Å². The molecule has 10 heteroatoms. The molecule has 8 nitrogen and oxygen atoms in total. The van der Waals surface area contributed by atoms with E-state index in [4.69, 9.17) is 9.47 Å². The highest BCUT2D eigenvalue weighted by molar-refractivity contribution is 6.03. The molecular weight excluding hydrogens is 434 g/mol. The lowest BCUT2D eigenvalue weighted by Crippen LogP contribution is -2.44. The molecule has 1 atom stereocenters. The molecular formula is C23H30F2N4O4. The molecule has 2 amide bonds. The predicted octanol–water partition coefficient (Wildman–Crippen LogP) is 4.18. The first-order chi connectivity index (χ1) is 15.5. The molecule has 0 spiro atoms. The number of carbonyl (C=O) groups excluding carboxylic acids is 2. The van der Waals surface area contributed by atoms with Crippen molar-refractivity contribution >= 4 is 17.7 Å². The number of rotatable bonds is 7. The standard InChI is InChI=1S/C23H30F2N4O4/c1-5-6-17-11-18(28-29(17)12-20(24)25)21(30)26-15-8-7-14-9-16(13-32-19(14)10-15)27-22(31)33-23(2,3)4/h7-8,10-11,16,20H,5-6,9,12-13H2,1-4H3,(H,26,30)(H,27,31). The highest BCUT2D eigenvalue weighted by Crippen LogP contribution is 2.28. The lowest BCUT2D eigenvalue weighted by Gasteiger charge is -2.28. The van der Waals surface area contributed by atoms with E-state index < -0.39 is 30.6 Å². The number of nitrogens with zero attached hydrogens (tertiary/aromatic N) is 2. The summed E-state index contributed by atoms with van der Waals surface area (Å²) in [6.45, 7) is 7.03. The average Bonchev–Trinajstić information content (AvgIpc) is 3.09. The monoisotopic (exact) mass is 464 g/mol. The largest absolute Gasteiger partial charge is 0.491 e. The molecule has 0 saturated heterocycles. The Bertz CT molecular complexity index is 1000. The van der Waals surface area contributed by atoms with Crippen molar-refractivity contribution in [2.75, 3.05) is 11.9 Å². The van der Waals surface area contributed by atoms with Crippen LogP contribution in [0.2, 0.25) is 0 Å². The Kier molecular flexibility index (Phi) is 7.55. The van der Waals surface area contributed by atoms with Gasteiger partial charge in [0.1, 0.15) is 24.5 Å². The third kappa shape index (κ3) is 6.90. The molecule has 1 aromatic carbocycles. The molecule has 2 aromatic rings. The zero-order valence-electron chi connectivity index (χ0n) is 19.3. The molecule has 1 unspecified atom stereocenters. The summed E-state index contributed by atoms with van der Waals surface area (Å²) >= 11 is 0. The van der Waals surface area contributed by atoms with E-state index in [0.717, 1.165) is 12.0 Å². The third-order valence-electron chi connectivity index (χ3n) is 4.87. The molecule has 1 aliphatic rings. The van der Waals surface area contributed by atoms with Gasteiger partial charge in [0.2, 0.25) is 0 Å². The van der Waals surface area contributed by atoms with Gasteiger partial charge in [-0.2, -0.15) is 5.10 Å². The molecule has 1 aromatic heterocycles. The minimum atomic E-state index is -2.55. The van der Waals surface area contributed by atoms with Gasteiger partial charge in [-0.05, 0) is 51.3 Å². The Balaban J connectivity index is 1.64. The Labute approximate surface area is 191 Å². The molecule has 180 valence electrons. The van der Waals surface area contributed by atoms with Crippen LogP contribution in [0.4, 0.5) is 19.3 Å². The summed E-state index contributed by atoms with van der Waals surface area (Å²) in [6.07, 6.45) is -1.19. The number of nitrogens with one attached hydrogen (secondary N) is 2. The number of anilines is 1. The summed E-state index contributed by atoms with van der Waals surface area (Å²) in [5.74, 6) is 0.116. The fourth-order valence-electron chi connectivity index (χ4n) is 3.52. The second-order valence-electron chi connectivity index (χ2n) is 8.98. The van der Waals surface area contributed by atoms with E-state index >= 15 is 0 Å². The quantitative estimate of drug-likeness (QED) is 0.641. The molecule has 0 bridgehead atoms. The van der Waals surface area contributed by atoms with Gasteiger partial charge < -0.3 is 20.1 Å². The number of alkyl carbamates (subject to hydrolysis) is 1. The van der Waals surface area contributed by atoms with E-state index in [0.29, 0.717) is 30.0 Å². The topological polar surface area (TPSA) is 94.5 Å². The normalized spacial score (nSPS) is 15.5. The van der Waals surface area contributed by atoms with Crippen molar-refractivity contribution in [1.29, 1.82) is 0 Å². The zero-order valence-corrected chi connectivity index (χ0v) is 19.3. The first-order valence-corrected chi connectivity index (χ1v) is 11.0. The van der Waals surface area contributed by atoms with Gasteiger partial charge in [-0.1, -0.05) is 19.4 Å². The molecule has 0 saturated carbocycles. The molecule has 2 N–H and O–H groups in total. The number of aromatic nitrogens is 2. The molecule has 2 heterocycles. The Morgan fingerprint density at radius 1 is 1.30 bits per heavy atom. The fourth-order valence-corrected chi connectivity index (χ4v) is 3.52. The lowest BCUT2D eigenvalue weighted by atomic mass is 10.0. The van der Waals surface area contributed by atoms with Gasteiger partial charge in [0, 0.05) is 17.4 Å². The van der Waals surface area contributed by atoms with Crippen molar-refractivity contribution in [3.8, 4) is 5.75 Å². The number of alkyl halides is 2. The van der Waals surface area contributed by atoms with Crippen molar-refractivity contribution in [1.82, 2.24) is 15.1 Å². The first kappa shape index (κ1) is 24.5. The summed E-state index contributed by atoms with van der Waals surface area (Å²) in [6, 6.07) is 6.54. The van der Waals surface area contributed by atoms with Crippen LogP contribution < -0.4 is 15.4 Å². The summed E-state index contributed by atoms with van der Waals surface area (Å²) in [4.78, 5) is 24.6. The number of hydrogen-bond donors (Lipinski definition) is 2. The summed E-state index contributed by atoms with van der Waals surface area (Å²) in [7, 11) is 0. The number of hydrogen-bond acceptors (Lipinski definition) is 5. The van der Waals surface area contributed by atoms with Gasteiger partial charge in [-0.3, -0.25) is 9.48 Å². The third-order valence-corrected chi connectivity index (χ3v) is 4.87. The van der Waals surface area contributed by atoms with Crippen molar-refractivity contribution in [3.63, 3.8) is 0 Å². The summed E-state index contributed by atoms with van der Waals surface area (Å²) < 4.78 is 37.9. The van der Waals surface area contributed by atoms with Gasteiger partial charge >= 0.3 is 6.09 Å². The van der Waals surface area contributed by atoms with Gasteiger partial charge in [0.15, 0.2) is 5.69 Å². The van der Waals surface area contributed by atoms with Crippen LogP contribution >= 0.6 is 0 Å². The molecule has 0 radical (unpaired) electrons. The van der Waals surface area contributed by atoms with Gasteiger partial charge in [0.05, 0.1) is 6.04 Å². The smallest absolute Gasteiger partial charge is 0.408 e. The zero-order chi connectivity index (χ0) is 24.2. The maximum atomic E-state index is 12.8. The molecule has 0 aliphatic carbocycles. The number of amides is 2. The number of ether oxygens (including phenoxy) is 2. The van der Waals surface area contributed by atoms with E-state index in [1.807, 2.05) is 13.0 Å². The van der Waals surface area contributed by atoms with Crippen LogP contribution in [0.25, 0.3) is 0 Å². The molecule has 0 fully saturated rings. The van der Waals surface area contributed by atoms with Crippen LogP contribution in [-0.4, -0.2) is 46.5 Å². The van der Waals surface area contributed by atoms with Crippen LogP contribution in [0.3, 0.4) is 0 Å². The molecule has 3 rings (SSSR count). The van der Waals surface area contributed by atoms with Crippen molar-refractivity contribution in [2.24, 2.45) is 0 Å². The minimum absolute atomic E-state index is 0.0827. The van der Waals surface area contributed by atoms with Gasteiger partial charge in [0.25, 0.3) is 12.3 Å². The predicted molar refractivity (Wildman–Crippen MR) is 119 cm³/mol. The maximum absolute atomic E-state index is 12.8. The number of halogens is 2. The first-order valence-electron chi connectivity index (χ1n) is 11.0. The second-order valence-corrected chi connectivity index (χ2v) is 8.98. The summed E-state index contributed by atoms with van der Waals surface area (Å²) in [5, 5.41) is 9.59. The number of carbonyl (C=O) groups is 2. The highest BCUT2D eigenvalue weighted by atomic mass is 19.3.